The van der Waals surface area contributed by atoms with Gasteiger partial charge in [0, 0.05) is 28.0 Å². The SMILES string of the molecule is CC1CNCCC1NC(=O)c1oc2ccccc2c1CSC1CCCCC1. The number of rotatable bonds is 5. The molecular formula is C22H30N2O2S. The van der Waals surface area contributed by atoms with Gasteiger partial charge in [0.05, 0.1) is 0 Å². The van der Waals surface area contributed by atoms with Crippen LogP contribution in [0.4, 0.5) is 0 Å². The number of amides is 1. The molecule has 4 rings (SSSR count). The molecule has 0 bridgehead atoms. The fraction of sp³-hybridized carbons (Fsp3) is 0.591. The molecule has 1 aromatic carbocycles. The van der Waals surface area contributed by atoms with Crippen molar-refractivity contribution in [3.05, 3.63) is 35.6 Å². The van der Waals surface area contributed by atoms with E-state index in [-0.39, 0.29) is 11.9 Å². The molecular weight excluding hydrogens is 356 g/mol. The van der Waals surface area contributed by atoms with Gasteiger partial charge in [0.25, 0.3) is 5.91 Å². The average Bonchev–Trinajstić information content (AvgIpc) is 3.08. The van der Waals surface area contributed by atoms with Crippen molar-refractivity contribution in [2.24, 2.45) is 5.92 Å². The molecule has 0 spiro atoms. The van der Waals surface area contributed by atoms with Crippen LogP contribution in [0.1, 0.15) is 61.6 Å². The monoisotopic (exact) mass is 386 g/mol. The van der Waals surface area contributed by atoms with Gasteiger partial charge in [0.1, 0.15) is 5.58 Å². The zero-order valence-corrected chi connectivity index (χ0v) is 16.9. The van der Waals surface area contributed by atoms with Crippen LogP contribution in [-0.2, 0) is 5.75 Å². The van der Waals surface area contributed by atoms with Crippen LogP contribution in [0.5, 0.6) is 0 Å². The van der Waals surface area contributed by atoms with Gasteiger partial charge in [0.2, 0.25) is 0 Å². The third kappa shape index (κ3) is 4.35. The van der Waals surface area contributed by atoms with Crippen LogP contribution in [0.3, 0.4) is 0 Å². The Hall–Kier alpha value is -1.46. The van der Waals surface area contributed by atoms with Gasteiger partial charge in [-0.25, -0.2) is 0 Å². The lowest BCUT2D eigenvalue weighted by Gasteiger charge is -2.30. The number of fused-ring (bicyclic) bond motifs is 1. The molecule has 2 atom stereocenters. The molecule has 1 aromatic heterocycles. The van der Waals surface area contributed by atoms with Crippen LogP contribution in [0, 0.1) is 5.92 Å². The van der Waals surface area contributed by atoms with E-state index in [4.69, 9.17) is 4.42 Å². The molecule has 1 aliphatic carbocycles. The summed E-state index contributed by atoms with van der Waals surface area (Å²) in [6.07, 6.45) is 7.62. The van der Waals surface area contributed by atoms with Gasteiger partial charge in [-0.15, -0.1) is 0 Å². The second-order valence-corrected chi connectivity index (χ2v) is 9.32. The Labute approximate surface area is 165 Å². The number of furan rings is 1. The van der Waals surface area contributed by atoms with Crippen molar-refractivity contribution in [3.8, 4) is 0 Å². The fourth-order valence-electron chi connectivity index (χ4n) is 4.32. The minimum atomic E-state index is -0.0517. The fourth-order valence-corrected chi connectivity index (χ4v) is 5.68. The van der Waals surface area contributed by atoms with Crippen LogP contribution in [0.2, 0.25) is 0 Å². The Bertz CT molecular complexity index is 782. The number of piperidine rings is 1. The summed E-state index contributed by atoms with van der Waals surface area (Å²) >= 11 is 2.00. The van der Waals surface area contributed by atoms with Gasteiger partial charge < -0.3 is 15.1 Å². The van der Waals surface area contributed by atoms with Crippen molar-refractivity contribution in [1.82, 2.24) is 10.6 Å². The molecule has 146 valence electrons. The number of hydrogen-bond donors (Lipinski definition) is 2. The standard InChI is InChI=1S/C22H30N2O2S/c1-15-13-23-12-11-19(15)24-22(25)21-18(14-27-16-7-3-2-4-8-16)17-9-5-6-10-20(17)26-21/h5-6,9-10,15-16,19,23H,2-4,7-8,11-14H2,1H3,(H,24,25). The van der Waals surface area contributed by atoms with E-state index in [1.807, 2.05) is 30.0 Å². The first kappa shape index (κ1) is 18.9. The maximum Gasteiger partial charge on any atom is 0.287 e. The van der Waals surface area contributed by atoms with Gasteiger partial charge >= 0.3 is 0 Å². The van der Waals surface area contributed by atoms with Crippen LogP contribution in [-0.4, -0.2) is 30.3 Å². The van der Waals surface area contributed by atoms with E-state index < -0.39 is 0 Å². The maximum atomic E-state index is 13.1. The van der Waals surface area contributed by atoms with Crippen molar-refractivity contribution in [2.45, 2.75) is 62.5 Å². The van der Waals surface area contributed by atoms with Gasteiger partial charge in [0.15, 0.2) is 5.76 Å². The van der Waals surface area contributed by atoms with Crippen molar-refractivity contribution in [3.63, 3.8) is 0 Å². The molecule has 2 heterocycles. The lowest BCUT2D eigenvalue weighted by molar-refractivity contribution is 0.0887. The quantitative estimate of drug-likeness (QED) is 0.780. The molecule has 2 unspecified atom stereocenters. The van der Waals surface area contributed by atoms with Crippen LogP contribution in [0.15, 0.2) is 28.7 Å². The number of nitrogens with one attached hydrogen (secondary N) is 2. The van der Waals surface area contributed by atoms with Crippen molar-refractivity contribution < 1.29 is 9.21 Å². The Morgan fingerprint density at radius 2 is 2.04 bits per heavy atom. The van der Waals surface area contributed by atoms with E-state index in [0.717, 1.165) is 41.8 Å². The number of para-hydroxylation sites is 1. The molecule has 1 aliphatic heterocycles. The molecule has 0 radical (unpaired) electrons. The molecule has 1 amide bonds. The van der Waals surface area contributed by atoms with Crippen LogP contribution < -0.4 is 10.6 Å². The van der Waals surface area contributed by atoms with Crippen LogP contribution in [0.25, 0.3) is 11.0 Å². The van der Waals surface area contributed by atoms with Crippen molar-refractivity contribution >= 4 is 28.6 Å². The van der Waals surface area contributed by atoms with E-state index in [1.165, 1.54) is 32.1 Å². The zero-order valence-electron chi connectivity index (χ0n) is 16.1. The van der Waals surface area contributed by atoms with E-state index in [1.54, 1.807) is 0 Å². The number of benzene rings is 1. The minimum absolute atomic E-state index is 0.0517. The molecule has 5 heteroatoms. The van der Waals surface area contributed by atoms with Crippen LogP contribution >= 0.6 is 11.8 Å². The molecule has 1 saturated carbocycles. The second-order valence-electron chi connectivity index (χ2n) is 8.03. The Balaban J connectivity index is 1.54. The summed E-state index contributed by atoms with van der Waals surface area (Å²) in [5, 5.41) is 8.43. The summed E-state index contributed by atoms with van der Waals surface area (Å²) in [4.78, 5) is 13.1. The van der Waals surface area contributed by atoms with Crippen molar-refractivity contribution in [2.75, 3.05) is 13.1 Å². The molecule has 2 aliphatic rings. The Kier molecular flexibility index (Phi) is 6.08. The second kappa shape index (κ2) is 8.70. The minimum Gasteiger partial charge on any atom is -0.451 e. The summed E-state index contributed by atoms with van der Waals surface area (Å²) in [6, 6.07) is 8.27. The Morgan fingerprint density at radius 3 is 2.85 bits per heavy atom. The highest BCUT2D eigenvalue weighted by Crippen LogP contribution is 2.35. The maximum absolute atomic E-state index is 13.1. The smallest absolute Gasteiger partial charge is 0.287 e. The lowest BCUT2D eigenvalue weighted by atomic mass is 9.95. The third-order valence-corrected chi connectivity index (χ3v) is 7.42. The topological polar surface area (TPSA) is 54.3 Å². The van der Waals surface area contributed by atoms with Crippen molar-refractivity contribution in [1.29, 1.82) is 0 Å². The van der Waals surface area contributed by atoms with E-state index >= 15 is 0 Å². The highest BCUT2D eigenvalue weighted by Gasteiger charge is 2.27. The molecule has 1 saturated heterocycles. The zero-order chi connectivity index (χ0) is 18.6. The number of thioether (sulfide) groups is 1. The van der Waals surface area contributed by atoms with E-state index in [2.05, 4.69) is 23.6 Å². The summed E-state index contributed by atoms with van der Waals surface area (Å²) in [5.41, 5.74) is 1.89. The van der Waals surface area contributed by atoms with Gasteiger partial charge in [-0.3, -0.25) is 4.79 Å². The first-order chi connectivity index (χ1) is 13.2. The molecule has 2 N–H and O–H groups in total. The average molecular weight is 387 g/mol. The molecule has 2 fully saturated rings. The lowest BCUT2D eigenvalue weighted by Crippen LogP contribution is -2.48. The number of carbonyl (C=O) groups excluding carboxylic acids is 1. The summed E-state index contributed by atoms with van der Waals surface area (Å²) in [6.45, 7) is 4.10. The summed E-state index contributed by atoms with van der Waals surface area (Å²) < 4.78 is 6.04. The predicted octanol–water partition coefficient (Wildman–Crippen LogP) is 4.73. The predicted molar refractivity (Wildman–Crippen MR) is 112 cm³/mol. The highest BCUT2D eigenvalue weighted by atomic mass is 32.2. The largest absolute Gasteiger partial charge is 0.451 e. The molecule has 4 nitrogen and oxygen atoms in total. The van der Waals surface area contributed by atoms with E-state index in [0.29, 0.717) is 16.9 Å². The number of hydrogen-bond acceptors (Lipinski definition) is 4. The summed E-state index contributed by atoms with van der Waals surface area (Å²) in [7, 11) is 0. The first-order valence-corrected chi connectivity index (χ1v) is 11.4. The summed E-state index contributed by atoms with van der Waals surface area (Å²) in [5.74, 6) is 1.76. The molecule has 2 aromatic rings. The highest BCUT2D eigenvalue weighted by molar-refractivity contribution is 7.99. The molecule has 27 heavy (non-hydrogen) atoms. The third-order valence-electron chi connectivity index (χ3n) is 6.02. The number of carbonyl (C=O) groups is 1. The first-order valence-electron chi connectivity index (χ1n) is 10.4. The van der Waals surface area contributed by atoms with Gasteiger partial charge in [-0.2, -0.15) is 11.8 Å². The van der Waals surface area contributed by atoms with Gasteiger partial charge in [-0.1, -0.05) is 44.4 Å². The normalized spacial score (nSPS) is 24.2. The van der Waals surface area contributed by atoms with Gasteiger partial charge in [-0.05, 0) is 44.3 Å². The van der Waals surface area contributed by atoms with E-state index in [9.17, 15) is 4.79 Å². The Morgan fingerprint density at radius 1 is 1.22 bits per heavy atom.